The molecular formula is C15H15BrN2O6. The van der Waals surface area contributed by atoms with Crippen LogP contribution in [0.1, 0.15) is 20.7 Å². The molecule has 3 amide bonds. The molecule has 0 saturated heterocycles. The van der Waals surface area contributed by atoms with E-state index in [-0.39, 0.29) is 24.3 Å². The van der Waals surface area contributed by atoms with Crippen molar-refractivity contribution < 1.29 is 29.0 Å². The van der Waals surface area contributed by atoms with Crippen molar-refractivity contribution in [1.29, 1.82) is 0 Å². The van der Waals surface area contributed by atoms with Crippen molar-refractivity contribution in [2.24, 2.45) is 0 Å². The Kier molecular flexibility index (Phi) is 5.68. The molecule has 1 aromatic carbocycles. The number of nitrogens with zero attached hydrogens (tertiary/aromatic N) is 2. The zero-order chi connectivity index (χ0) is 17.9. The highest BCUT2D eigenvalue weighted by Gasteiger charge is 2.37. The van der Waals surface area contributed by atoms with Crippen molar-refractivity contribution in [3.8, 4) is 0 Å². The van der Waals surface area contributed by atoms with E-state index in [0.29, 0.717) is 4.47 Å². The summed E-state index contributed by atoms with van der Waals surface area (Å²) in [5.41, 5.74) is 0.432. The van der Waals surface area contributed by atoms with E-state index in [4.69, 9.17) is 9.84 Å². The van der Waals surface area contributed by atoms with Crippen LogP contribution in [0.4, 0.5) is 0 Å². The molecule has 0 radical (unpaired) electrons. The van der Waals surface area contributed by atoms with E-state index in [1.807, 2.05) is 0 Å². The quantitative estimate of drug-likeness (QED) is 0.674. The van der Waals surface area contributed by atoms with Crippen molar-refractivity contribution in [2.75, 3.05) is 33.4 Å². The number of amides is 3. The molecule has 0 saturated carbocycles. The van der Waals surface area contributed by atoms with Gasteiger partial charge in [0.1, 0.15) is 13.1 Å². The predicted molar refractivity (Wildman–Crippen MR) is 85.6 cm³/mol. The maximum atomic E-state index is 12.3. The van der Waals surface area contributed by atoms with Gasteiger partial charge in [-0.3, -0.25) is 24.1 Å². The lowest BCUT2D eigenvalue weighted by atomic mass is 10.1. The molecule has 1 aliphatic heterocycles. The first-order valence-corrected chi connectivity index (χ1v) is 7.78. The number of halogens is 1. The van der Waals surface area contributed by atoms with Crippen LogP contribution in [-0.2, 0) is 14.3 Å². The molecule has 24 heavy (non-hydrogen) atoms. The second-order valence-electron chi connectivity index (χ2n) is 5.09. The van der Waals surface area contributed by atoms with E-state index >= 15 is 0 Å². The largest absolute Gasteiger partial charge is 0.480 e. The molecule has 0 spiro atoms. The van der Waals surface area contributed by atoms with Gasteiger partial charge in [-0.2, -0.15) is 0 Å². The van der Waals surface area contributed by atoms with Gasteiger partial charge in [0.05, 0.1) is 17.7 Å². The lowest BCUT2D eigenvalue weighted by Crippen LogP contribution is -2.45. The smallest absolute Gasteiger partial charge is 0.323 e. The van der Waals surface area contributed by atoms with Crippen molar-refractivity contribution >= 4 is 39.6 Å². The number of hydrogen-bond acceptors (Lipinski definition) is 5. The minimum absolute atomic E-state index is 0.0519. The van der Waals surface area contributed by atoms with Gasteiger partial charge in [-0.15, -0.1) is 0 Å². The molecule has 8 nitrogen and oxygen atoms in total. The summed E-state index contributed by atoms with van der Waals surface area (Å²) in [6.07, 6.45) is 0. The number of hydrogen-bond donors (Lipinski definition) is 1. The molecule has 1 aliphatic rings. The number of carboxylic acids is 1. The van der Waals surface area contributed by atoms with Gasteiger partial charge in [0.25, 0.3) is 11.8 Å². The van der Waals surface area contributed by atoms with Crippen LogP contribution >= 0.6 is 15.9 Å². The summed E-state index contributed by atoms with van der Waals surface area (Å²) >= 11 is 3.23. The molecule has 0 unspecified atom stereocenters. The number of carbonyl (C=O) groups excluding carboxylic acids is 3. The molecule has 0 fully saturated rings. The Morgan fingerprint density at radius 2 is 1.92 bits per heavy atom. The summed E-state index contributed by atoms with van der Waals surface area (Å²) in [5, 5.41) is 8.88. The first-order valence-electron chi connectivity index (χ1n) is 6.99. The summed E-state index contributed by atoms with van der Waals surface area (Å²) < 4.78 is 5.48. The van der Waals surface area contributed by atoms with E-state index < -0.39 is 36.8 Å². The Bertz CT molecular complexity index is 705. The predicted octanol–water partition coefficient (Wildman–Crippen LogP) is 0.605. The van der Waals surface area contributed by atoms with E-state index in [1.54, 1.807) is 6.07 Å². The molecule has 1 heterocycles. The third-order valence-corrected chi connectivity index (χ3v) is 3.96. The number of fused-ring (bicyclic) bond motifs is 1. The Morgan fingerprint density at radius 3 is 2.54 bits per heavy atom. The van der Waals surface area contributed by atoms with Crippen molar-refractivity contribution in [2.45, 2.75) is 0 Å². The number of methoxy groups -OCH3 is 1. The number of carboxylic acid groups (broad SMARTS) is 1. The average molecular weight is 399 g/mol. The third kappa shape index (κ3) is 3.80. The maximum absolute atomic E-state index is 12.3. The van der Waals surface area contributed by atoms with E-state index in [2.05, 4.69) is 15.9 Å². The lowest BCUT2D eigenvalue weighted by molar-refractivity contribution is -0.144. The highest BCUT2D eigenvalue weighted by molar-refractivity contribution is 9.10. The summed E-state index contributed by atoms with van der Waals surface area (Å²) in [5.74, 6) is -2.97. The molecule has 9 heteroatoms. The molecule has 2 rings (SSSR count). The molecule has 0 aliphatic carbocycles. The van der Waals surface area contributed by atoms with E-state index in [0.717, 1.165) is 9.80 Å². The molecule has 0 aromatic heterocycles. The van der Waals surface area contributed by atoms with Gasteiger partial charge in [-0.05, 0) is 18.2 Å². The normalized spacial score (nSPS) is 13.2. The SMILES string of the molecule is COCCN(CC(=O)O)C(=O)CN1C(=O)c2ccc(Br)cc2C1=O. The van der Waals surface area contributed by atoms with Crippen LogP contribution in [0.25, 0.3) is 0 Å². The van der Waals surface area contributed by atoms with E-state index in [9.17, 15) is 19.2 Å². The van der Waals surface area contributed by atoms with Crippen LogP contribution < -0.4 is 0 Å². The van der Waals surface area contributed by atoms with Crippen molar-refractivity contribution in [1.82, 2.24) is 9.80 Å². The monoisotopic (exact) mass is 398 g/mol. The van der Waals surface area contributed by atoms with Gasteiger partial charge < -0.3 is 14.7 Å². The number of ether oxygens (including phenoxy) is 1. The van der Waals surface area contributed by atoms with Crippen molar-refractivity contribution in [3.05, 3.63) is 33.8 Å². The zero-order valence-corrected chi connectivity index (χ0v) is 14.4. The highest BCUT2D eigenvalue weighted by atomic mass is 79.9. The van der Waals surface area contributed by atoms with Crippen LogP contribution in [0.5, 0.6) is 0 Å². The van der Waals surface area contributed by atoms with Gasteiger partial charge in [-0.1, -0.05) is 15.9 Å². The number of rotatable bonds is 7. The Morgan fingerprint density at radius 1 is 1.25 bits per heavy atom. The standard InChI is InChI=1S/C15H15BrN2O6/c1-24-5-4-17(8-13(20)21)12(19)7-18-14(22)10-3-2-9(16)6-11(10)15(18)23/h2-3,6H,4-5,7-8H2,1H3,(H,20,21). The number of carbonyl (C=O) groups is 4. The fourth-order valence-corrected chi connectivity index (χ4v) is 2.66. The third-order valence-electron chi connectivity index (χ3n) is 3.47. The first kappa shape index (κ1) is 18.1. The zero-order valence-electron chi connectivity index (χ0n) is 12.8. The van der Waals surface area contributed by atoms with Gasteiger partial charge in [-0.25, -0.2) is 0 Å². The summed E-state index contributed by atoms with van der Waals surface area (Å²) in [4.78, 5) is 49.6. The van der Waals surface area contributed by atoms with E-state index in [1.165, 1.54) is 19.2 Å². The van der Waals surface area contributed by atoms with Crippen LogP contribution in [0.2, 0.25) is 0 Å². The summed E-state index contributed by atoms with van der Waals surface area (Å²) in [6, 6.07) is 4.65. The average Bonchev–Trinajstić information content (AvgIpc) is 2.75. The molecule has 1 N–H and O–H groups in total. The van der Waals surface area contributed by atoms with Gasteiger partial charge in [0.15, 0.2) is 0 Å². The van der Waals surface area contributed by atoms with Crippen LogP contribution in [-0.4, -0.2) is 71.9 Å². The van der Waals surface area contributed by atoms with Crippen LogP contribution in [0.3, 0.4) is 0 Å². The lowest BCUT2D eigenvalue weighted by Gasteiger charge is -2.22. The number of imide groups is 1. The molecule has 1 aromatic rings. The number of aliphatic carboxylic acids is 1. The first-order chi connectivity index (χ1) is 11.3. The minimum Gasteiger partial charge on any atom is -0.480 e. The molecule has 0 bridgehead atoms. The summed E-state index contributed by atoms with van der Waals surface area (Å²) in [7, 11) is 1.42. The van der Waals surface area contributed by atoms with Crippen molar-refractivity contribution in [3.63, 3.8) is 0 Å². The Hall–Kier alpha value is -2.26. The maximum Gasteiger partial charge on any atom is 0.323 e. The molecule has 128 valence electrons. The second kappa shape index (κ2) is 7.54. The number of benzene rings is 1. The van der Waals surface area contributed by atoms with Crippen LogP contribution in [0.15, 0.2) is 22.7 Å². The Labute approximate surface area is 146 Å². The molecule has 0 atom stereocenters. The minimum atomic E-state index is -1.19. The highest BCUT2D eigenvalue weighted by Crippen LogP contribution is 2.25. The Balaban J connectivity index is 2.15. The topological polar surface area (TPSA) is 104 Å². The second-order valence-corrected chi connectivity index (χ2v) is 6.00. The van der Waals surface area contributed by atoms with Crippen LogP contribution in [0, 0.1) is 0 Å². The van der Waals surface area contributed by atoms with Gasteiger partial charge in [0.2, 0.25) is 5.91 Å². The van der Waals surface area contributed by atoms with Gasteiger partial charge >= 0.3 is 5.97 Å². The fourth-order valence-electron chi connectivity index (χ4n) is 2.30. The fraction of sp³-hybridized carbons (Fsp3) is 0.333. The molecular weight excluding hydrogens is 384 g/mol. The summed E-state index contributed by atoms with van der Waals surface area (Å²) in [6.45, 7) is -0.845. The van der Waals surface area contributed by atoms with Gasteiger partial charge in [0, 0.05) is 18.1 Å².